The van der Waals surface area contributed by atoms with Gasteiger partial charge >= 0.3 is 12.1 Å². The van der Waals surface area contributed by atoms with E-state index in [-0.39, 0.29) is 6.54 Å². The maximum atomic E-state index is 12.8. The third-order valence-electron chi connectivity index (χ3n) is 5.19. The van der Waals surface area contributed by atoms with Crippen LogP contribution in [0.25, 0.3) is 21.5 Å². The molecule has 2 heterocycles. The zero-order chi connectivity index (χ0) is 23.0. The first-order valence-electron chi connectivity index (χ1n) is 9.70. The van der Waals surface area contributed by atoms with Crippen LogP contribution in [-0.2, 0) is 23.3 Å². The van der Waals surface area contributed by atoms with E-state index in [1.807, 2.05) is 32.0 Å². The molecule has 4 nitrogen and oxygen atoms in total. The molecule has 0 unspecified atom stereocenters. The van der Waals surface area contributed by atoms with Gasteiger partial charge in [-0.15, -0.1) is 23.1 Å². The predicted molar refractivity (Wildman–Crippen MR) is 121 cm³/mol. The Morgan fingerprint density at radius 1 is 1.12 bits per heavy atom. The highest BCUT2D eigenvalue weighted by molar-refractivity contribution is 7.98. The zero-order valence-electron chi connectivity index (χ0n) is 17.2. The molecule has 4 rings (SSSR count). The van der Waals surface area contributed by atoms with E-state index in [1.54, 1.807) is 22.5 Å². The van der Waals surface area contributed by atoms with Crippen LogP contribution in [0.2, 0.25) is 0 Å². The van der Waals surface area contributed by atoms with Crippen LogP contribution in [0, 0.1) is 13.8 Å². The molecule has 32 heavy (non-hydrogen) atoms. The standard InChI is InChI=1S/C23H19F3N2O2S2/c1-13-17-9-10-28(11-21(29)30)18(17)7-8-19(13)31-12-20-14(2)27-22(32-20)15-3-5-16(6-4-15)23(24,25)26/h3-10H,11-12H2,1-2H3,(H,29,30). The van der Waals surface area contributed by atoms with Gasteiger partial charge in [0.2, 0.25) is 0 Å². The molecule has 0 radical (unpaired) electrons. The van der Waals surface area contributed by atoms with E-state index < -0.39 is 17.7 Å². The van der Waals surface area contributed by atoms with Gasteiger partial charge in [0.15, 0.2) is 0 Å². The van der Waals surface area contributed by atoms with Crippen molar-refractivity contribution in [3.63, 3.8) is 0 Å². The number of carboxylic acids is 1. The predicted octanol–water partition coefficient (Wildman–Crippen LogP) is 6.78. The van der Waals surface area contributed by atoms with Gasteiger partial charge in [-0.3, -0.25) is 4.79 Å². The van der Waals surface area contributed by atoms with Gasteiger partial charge in [-0.25, -0.2) is 4.98 Å². The van der Waals surface area contributed by atoms with Crippen molar-refractivity contribution in [2.75, 3.05) is 0 Å². The lowest BCUT2D eigenvalue weighted by Crippen LogP contribution is -2.07. The van der Waals surface area contributed by atoms with Crippen LogP contribution >= 0.6 is 23.1 Å². The van der Waals surface area contributed by atoms with Crippen LogP contribution in [0.4, 0.5) is 13.2 Å². The van der Waals surface area contributed by atoms with E-state index in [1.165, 1.54) is 23.5 Å². The van der Waals surface area contributed by atoms with Crippen molar-refractivity contribution in [3.05, 3.63) is 70.4 Å². The second-order valence-electron chi connectivity index (χ2n) is 7.35. The summed E-state index contributed by atoms with van der Waals surface area (Å²) in [7, 11) is 0. The zero-order valence-corrected chi connectivity index (χ0v) is 18.9. The summed E-state index contributed by atoms with van der Waals surface area (Å²) in [6.45, 7) is 3.84. The van der Waals surface area contributed by atoms with Crippen LogP contribution in [-0.4, -0.2) is 20.6 Å². The Morgan fingerprint density at radius 2 is 1.84 bits per heavy atom. The number of alkyl halides is 3. The second-order valence-corrected chi connectivity index (χ2v) is 9.45. The maximum Gasteiger partial charge on any atom is 0.416 e. The van der Waals surface area contributed by atoms with Gasteiger partial charge < -0.3 is 9.67 Å². The number of benzene rings is 2. The molecule has 4 aromatic rings. The van der Waals surface area contributed by atoms with E-state index >= 15 is 0 Å². The minimum Gasteiger partial charge on any atom is -0.480 e. The largest absolute Gasteiger partial charge is 0.480 e. The Hall–Kier alpha value is -2.78. The van der Waals surface area contributed by atoms with Crippen molar-refractivity contribution < 1.29 is 23.1 Å². The van der Waals surface area contributed by atoms with Crippen LogP contribution < -0.4 is 0 Å². The molecule has 0 spiro atoms. The number of aliphatic carboxylic acids is 1. The SMILES string of the molecule is Cc1nc(-c2ccc(C(F)(F)F)cc2)sc1CSc1ccc2c(ccn2CC(=O)O)c1C. The Kier molecular flexibility index (Phi) is 6.05. The summed E-state index contributed by atoms with van der Waals surface area (Å²) in [4.78, 5) is 17.7. The fourth-order valence-electron chi connectivity index (χ4n) is 3.47. The van der Waals surface area contributed by atoms with Crippen LogP contribution in [0.1, 0.15) is 21.7 Å². The Labute approximate surface area is 190 Å². The average Bonchev–Trinajstić information content (AvgIpc) is 3.30. The molecular formula is C23H19F3N2O2S2. The molecule has 2 aromatic carbocycles. The number of aryl methyl sites for hydroxylation is 2. The van der Waals surface area contributed by atoms with E-state index in [0.717, 1.165) is 44.1 Å². The summed E-state index contributed by atoms with van der Waals surface area (Å²) in [5.74, 6) is -0.199. The highest BCUT2D eigenvalue weighted by atomic mass is 32.2. The van der Waals surface area contributed by atoms with Crippen LogP contribution in [0.15, 0.2) is 53.6 Å². The van der Waals surface area contributed by atoms with Crippen molar-refractivity contribution in [1.29, 1.82) is 0 Å². The lowest BCUT2D eigenvalue weighted by atomic mass is 10.1. The number of aromatic nitrogens is 2. The lowest BCUT2D eigenvalue weighted by Gasteiger charge is -2.08. The first kappa shape index (κ1) is 22.4. The topological polar surface area (TPSA) is 55.1 Å². The second kappa shape index (κ2) is 8.63. The van der Waals surface area contributed by atoms with Crippen LogP contribution in [0.5, 0.6) is 0 Å². The number of hydrogen-bond acceptors (Lipinski definition) is 4. The van der Waals surface area contributed by atoms with Gasteiger partial charge in [0.1, 0.15) is 11.6 Å². The molecule has 166 valence electrons. The molecular weight excluding hydrogens is 457 g/mol. The Morgan fingerprint density at radius 3 is 2.50 bits per heavy atom. The summed E-state index contributed by atoms with van der Waals surface area (Å²) in [6.07, 6.45) is -2.57. The summed E-state index contributed by atoms with van der Waals surface area (Å²) >= 11 is 3.15. The summed E-state index contributed by atoms with van der Waals surface area (Å²) in [5, 5.41) is 10.8. The Balaban J connectivity index is 1.52. The van der Waals surface area contributed by atoms with Gasteiger partial charge in [0.05, 0.1) is 11.3 Å². The monoisotopic (exact) mass is 476 g/mol. The van der Waals surface area contributed by atoms with Gasteiger partial charge in [-0.1, -0.05) is 12.1 Å². The van der Waals surface area contributed by atoms with E-state index in [4.69, 9.17) is 5.11 Å². The fourth-order valence-corrected chi connectivity index (χ4v) is 5.73. The van der Waals surface area contributed by atoms with Crippen molar-refractivity contribution in [3.8, 4) is 10.6 Å². The minimum atomic E-state index is -4.35. The van der Waals surface area contributed by atoms with E-state index in [9.17, 15) is 18.0 Å². The molecule has 0 saturated heterocycles. The number of fused-ring (bicyclic) bond motifs is 1. The molecule has 0 aliphatic rings. The maximum absolute atomic E-state index is 12.8. The average molecular weight is 477 g/mol. The molecule has 0 aliphatic carbocycles. The molecule has 0 amide bonds. The summed E-state index contributed by atoms with van der Waals surface area (Å²) in [6, 6.07) is 10.9. The summed E-state index contributed by atoms with van der Waals surface area (Å²) in [5.41, 5.74) is 2.83. The number of thioether (sulfide) groups is 1. The first-order valence-corrected chi connectivity index (χ1v) is 11.5. The molecule has 2 aromatic heterocycles. The van der Waals surface area contributed by atoms with Crippen molar-refractivity contribution in [2.45, 2.75) is 37.2 Å². The fraction of sp³-hybridized carbons (Fsp3) is 0.217. The van der Waals surface area contributed by atoms with Gasteiger partial charge in [-0.05, 0) is 49.7 Å². The summed E-state index contributed by atoms with van der Waals surface area (Å²) < 4.78 is 40.1. The third kappa shape index (κ3) is 4.54. The van der Waals surface area contributed by atoms with Crippen molar-refractivity contribution >= 4 is 40.0 Å². The number of nitrogens with zero attached hydrogens (tertiary/aromatic N) is 2. The minimum absolute atomic E-state index is 0.0811. The number of carboxylic acid groups (broad SMARTS) is 1. The molecule has 0 bridgehead atoms. The highest BCUT2D eigenvalue weighted by Crippen LogP contribution is 2.37. The first-order chi connectivity index (χ1) is 15.1. The number of rotatable bonds is 6. The molecule has 0 saturated carbocycles. The number of thiazole rings is 1. The van der Waals surface area contributed by atoms with Gasteiger partial charge in [-0.2, -0.15) is 13.2 Å². The third-order valence-corrected chi connectivity index (χ3v) is 7.76. The number of halogens is 3. The van der Waals surface area contributed by atoms with E-state index in [2.05, 4.69) is 4.98 Å². The van der Waals surface area contributed by atoms with E-state index in [0.29, 0.717) is 16.3 Å². The van der Waals surface area contributed by atoms with Crippen LogP contribution in [0.3, 0.4) is 0 Å². The van der Waals surface area contributed by atoms with Crippen molar-refractivity contribution in [1.82, 2.24) is 9.55 Å². The quantitative estimate of drug-likeness (QED) is 0.312. The molecule has 9 heteroatoms. The molecule has 0 aliphatic heterocycles. The van der Waals surface area contributed by atoms with Gasteiger partial charge in [0.25, 0.3) is 0 Å². The smallest absolute Gasteiger partial charge is 0.416 e. The normalized spacial score (nSPS) is 11.9. The van der Waals surface area contributed by atoms with Crippen molar-refractivity contribution in [2.24, 2.45) is 0 Å². The molecule has 1 N–H and O–H groups in total. The Bertz CT molecular complexity index is 1290. The lowest BCUT2D eigenvalue weighted by molar-refractivity contribution is -0.138. The molecule has 0 fully saturated rings. The molecule has 0 atom stereocenters. The van der Waals surface area contributed by atoms with Gasteiger partial charge in [0, 0.05) is 38.2 Å². The number of hydrogen-bond donors (Lipinski definition) is 1. The highest BCUT2D eigenvalue weighted by Gasteiger charge is 2.30. The number of carbonyl (C=O) groups is 1.